The summed E-state index contributed by atoms with van der Waals surface area (Å²) in [6, 6.07) is 3.81. The molecule has 3 heterocycles. The fourth-order valence-electron chi connectivity index (χ4n) is 2.94. The van der Waals surface area contributed by atoms with E-state index in [4.69, 9.17) is 0 Å². The van der Waals surface area contributed by atoms with Crippen LogP contribution in [0, 0.1) is 13.8 Å². The van der Waals surface area contributed by atoms with E-state index in [1.54, 1.807) is 6.20 Å². The Morgan fingerprint density at radius 2 is 2.14 bits per heavy atom. The quantitative estimate of drug-likeness (QED) is 0.598. The molecule has 3 aromatic rings. The Bertz CT molecular complexity index is 1090. The zero-order chi connectivity index (χ0) is 21.1. The molecule has 0 bridgehead atoms. The molecule has 3 aromatic heterocycles. The van der Waals surface area contributed by atoms with Crippen molar-refractivity contribution in [3.63, 3.8) is 0 Å². The first-order valence-corrected chi connectivity index (χ1v) is 11.1. The van der Waals surface area contributed by atoms with Crippen molar-refractivity contribution < 1.29 is 4.79 Å². The van der Waals surface area contributed by atoms with Crippen molar-refractivity contribution in [3.05, 3.63) is 50.5 Å². The number of carbonyl (C=O) groups excluding carboxylic acids is 1. The highest BCUT2D eigenvalue weighted by Crippen LogP contribution is 2.26. The summed E-state index contributed by atoms with van der Waals surface area (Å²) in [4.78, 5) is 40.4. The van der Waals surface area contributed by atoms with E-state index in [1.165, 1.54) is 23.1 Å². The van der Waals surface area contributed by atoms with Crippen LogP contribution in [0.1, 0.15) is 28.8 Å². The van der Waals surface area contributed by atoms with Gasteiger partial charge in [-0.1, -0.05) is 6.07 Å². The molecule has 7 nitrogen and oxygen atoms in total. The van der Waals surface area contributed by atoms with Gasteiger partial charge in [-0.3, -0.25) is 9.59 Å². The number of fused-ring (bicyclic) bond motifs is 1. The highest BCUT2D eigenvalue weighted by molar-refractivity contribution is 7.99. The number of anilines is 1. The Labute approximate surface area is 178 Å². The monoisotopic (exact) mass is 431 g/mol. The molecule has 0 aliphatic carbocycles. The first kappa shape index (κ1) is 21.3. The van der Waals surface area contributed by atoms with Gasteiger partial charge in [-0.25, -0.2) is 9.97 Å². The molecule has 154 valence electrons. The van der Waals surface area contributed by atoms with Crippen molar-refractivity contribution in [1.82, 2.24) is 20.3 Å². The van der Waals surface area contributed by atoms with Crippen molar-refractivity contribution in [3.8, 4) is 0 Å². The highest BCUT2D eigenvalue weighted by Gasteiger charge is 2.17. The minimum absolute atomic E-state index is 0.0604. The van der Waals surface area contributed by atoms with Crippen molar-refractivity contribution in [2.45, 2.75) is 38.3 Å². The molecule has 9 heteroatoms. The third kappa shape index (κ3) is 4.79. The Hall–Kier alpha value is -2.39. The van der Waals surface area contributed by atoms with E-state index in [1.807, 2.05) is 51.9 Å². The molecular weight excluding hydrogens is 406 g/mol. The summed E-state index contributed by atoms with van der Waals surface area (Å²) < 4.78 is 0. The second-order valence-electron chi connectivity index (χ2n) is 7.03. The first-order valence-electron chi connectivity index (χ1n) is 9.27. The van der Waals surface area contributed by atoms with Gasteiger partial charge in [-0.2, -0.15) is 0 Å². The van der Waals surface area contributed by atoms with Gasteiger partial charge in [-0.05, 0) is 32.4 Å². The lowest BCUT2D eigenvalue weighted by Gasteiger charge is -2.17. The maximum atomic E-state index is 12.5. The topological polar surface area (TPSA) is 91.0 Å². The minimum atomic E-state index is -0.276. The number of hydrogen-bond donors (Lipinski definition) is 2. The maximum absolute atomic E-state index is 12.5. The molecule has 0 aliphatic heterocycles. The van der Waals surface area contributed by atoms with Crippen molar-refractivity contribution in [2.24, 2.45) is 0 Å². The molecule has 1 atom stereocenters. The van der Waals surface area contributed by atoms with E-state index in [2.05, 4.69) is 20.3 Å². The fraction of sp³-hybridized carbons (Fsp3) is 0.400. The summed E-state index contributed by atoms with van der Waals surface area (Å²) in [5.41, 5.74) is 1.83. The number of nitrogens with one attached hydrogen (secondary N) is 2. The minimum Gasteiger partial charge on any atom is -0.362 e. The summed E-state index contributed by atoms with van der Waals surface area (Å²) >= 11 is 2.97. The molecule has 0 spiro atoms. The molecule has 0 radical (unpaired) electrons. The normalized spacial score (nSPS) is 12.2. The third-order valence-electron chi connectivity index (χ3n) is 4.67. The number of thiophene rings is 1. The third-order valence-corrected chi connectivity index (χ3v) is 6.93. The molecule has 1 unspecified atom stereocenters. The number of carbonyl (C=O) groups is 1. The van der Waals surface area contributed by atoms with Gasteiger partial charge in [0.25, 0.3) is 5.56 Å². The molecule has 0 saturated heterocycles. The van der Waals surface area contributed by atoms with Crippen LogP contribution in [0.4, 0.5) is 5.82 Å². The van der Waals surface area contributed by atoms with E-state index >= 15 is 0 Å². The van der Waals surface area contributed by atoms with Gasteiger partial charge in [0, 0.05) is 37.3 Å². The van der Waals surface area contributed by atoms with Crippen LogP contribution in [0.2, 0.25) is 0 Å². The summed E-state index contributed by atoms with van der Waals surface area (Å²) in [6.07, 6.45) is 1.74. The summed E-state index contributed by atoms with van der Waals surface area (Å²) in [5.74, 6) is 1.83. The first-order chi connectivity index (χ1) is 13.8. The second kappa shape index (κ2) is 8.96. The van der Waals surface area contributed by atoms with Gasteiger partial charge in [-0.15, -0.1) is 23.1 Å². The Morgan fingerprint density at radius 3 is 2.86 bits per heavy atom. The molecular formula is C20H25N5O2S2. The predicted octanol–water partition coefficient (Wildman–Crippen LogP) is 3.00. The largest absolute Gasteiger partial charge is 0.362 e. The number of thioether (sulfide) groups is 1. The standard InChI is InChI=1S/C20H25N5O2S2/c1-11-12(2)29-20-16(11)19(27)23-15(24-20)10-28-13(3)18(26)22-9-14-7-6-8-21-17(14)25(4)5/h6-8,13H,9-10H2,1-5H3,(H,22,26)(H,23,24,27). The Morgan fingerprint density at radius 1 is 1.38 bits per heavy atom. The van der Waals surface area contributed by atoms with Crippen LogP contribution < -0.4 is 15.8 Å². The average molecular weight is 432 g/mol. The molecule has 29 heavy (non-hydrogen) atoms. The van der Waals surface area contributed by atoms with E-state index < -0.39 is 0 Å². The van der Waals surface area contributed by atoms with E-state index in [-0.39, 0.29) is 16.7 Å². The lowest BCUT2D eigenvalue weighted by Crippen LogP contribution is -2.31. The number of aromatic nitrogens is 3. The van der Waals surface area contributed by atoms with Crippen LogP contribution in [-0.2, 0) is 17.1 Å². The zero-order valence-corrected chi connectivity index (χ0v) is 18.8. The smallest absolute Gasteiger partial charge is 0.259 e. The number of nitrogens with zero attached hydrogens (tertiary/aromatic N) is 3. The molecule has 0 aliphatic rings. The van der Waals surface area contributed by atoms with Crippen molar-refractivity contribution >= 4 is 45.0 Å². The van der Waals surface area contributed by atoms with Crippen LogP contribution in [0.5, 0.6) is 0 Å². The predicted molar refractivity (Wildman–Crippen MR) is 121 cm³/mol. The zero-order valence-electron chi connectivity index (χ0n) is 17.2. The second-order valence-corrected chi connectivity index (χ2v) is 9.56. The lowest BCUT2D eigenvalue weighted by atomic mass is 10.2. The van der Waals surface area contributed by atoms with Gasteiger partial charge in [0.1, 0.15) is 16.5 Å². The van der Waals surface area contributed by atoms with Crippen LogP contribution in [0.25, 0.3) is 10.2 Å². The number of amides is 1. The van der Waals surface area contributed by atoms with Gasteiger partial charge in [0.15, 0.2) is 0 Å². The summed E-state index contributed by atoms with van der Waals surface area (Å²) in [6.45, 7) is 6.20. The molecule has 1 amide bonds. The highest BCUT2D eigenvalue weighted by atomic mass is 32.2. The van der Waals surface area contributed by atoms with E-state index in [0.717, 1.165) is 26.7 Å². The average Bonchev–Trinajstić information content (AvgIpc) is 2.98. The number of pyridine rings is 1. The van der Waals surface area contributed by atoms with E-state index in [9.17, 15) is 9.59 Å². The molecule has 0 aromatic carbocycles. The SMILES string of the molecule is Cc1sc2nc(CSC(C)C(=O)NCc3cccnc3N(C)C)[nH]c(=O)c2c1C. The van der Waals surface area contributed by atoms with Crippen LogP contribution in [0.3, 0.4) is 0 Å². The molecule has 0 fully saturated rings. The Kier molecular flexibility index (Phi) is 6.59. The number of aromatic amines is 1. The van der Waals surface area contributed by atoms with E-state index in [0.29, 0.717) is 23.5 Å². The van der Waals surface area contributed by atoms with Crippen LogP contribution >= 0.6 is 23.1 Å². The van der Waals surface area contributed by atoms with Crippen molar-refractivity contribution in [1.29, 1.82) is 0 Å². The number of aryl methyl sites for hydroxylation is 2. The fourth-order valence-corrected chi connectivity index (χ4v) is 4.77. The number of hydrogen-bond acceptors (Lipinski definition) is 7. The van der Waals surface area contributed by atoms with Gasteiger partial charge in [0.05, 0.1) is 16.4 Å². The summed E-state index contributed by atoms with van der Waals surface area (Å²) in [5, 5.41) is 3.36. The molecule has 3 rings (SSSR count). The summed E-state index contributed by atoms with van der Waals surface area (Å²) in [7, 11) is 3.85. The Balaban J connectivity index is 1.61. The van der Waals surface area contributed by atoms with Gasteiger partial charge < -0.3 is 15.2 Å². The van der Waals surface area contributed by atoms with Gasteiger partial charge in [0.2, 0.25) is 5.91 Å². The molecule has 0 saturated carbocycles. The van der Waals surface area contributed by atoms with Crippen LogP contribution in [-0.4, -0.2) is 40.2 Å². The maximum Gasteiger partial charge on any atom is 0.259 e. The lowest BCUT2D eigenvalue weighted by molar-refractivity contribution is -0.120. The van der Waals surface area contributed by atoms with Crippen LogP contribution in [0.15, 0.2) is 23.1 Å². The van der Waals surface area contributed by atoms with Gasteiger partial charge >= 0.3 is 0 Å². The number of rotatable bonds is 7. The molecule has 2 N–H and O–H groups in total. The number of H-pyrrole nitrogens is 1. The van der Waals surface area contributed by atoms with Crippen molar-refractivity contribution in [2.75, 3.05) is 19.0 Å².